The summed E-state index contributed by atoms with van der Waals surface area (Å²) in [5, 5.41) is -9.02. The molecule has 4 rings (SSSR count). The van der Waals surface area contributed by atoms with Crippen molar-refractivity contribution in [3.05, 3.63) is 81.4 Å². The van der Waals surface area contributed by atoms with E-state index in [1.807, 2.05) is 0 Å². The summed E-state index contributed by atoms with van der Waals surface area (Å²) in [5.41, 5.74) is -5.16. The van der Waals surface area contributed by atoms with E-state index in [9.17, 15) is 61.5 Å². The van der Waals surface area contributed by atoms with Gasteiger partial charge in [-0.05, 0) is 0 Å². The van der Waals surface area contributed by atoms with Gasteiger partial charge in [-0.25, -0.2) is 61.5 Å². The minimum atomic E-state index is -4.16. The van der Waals surface area contributed by atoms with Gasteiger partial charge in [0, 0.05) is 10.9 Å². The lowest BCUT2D eigenvalue weighted by Gasteiger charge is -2.16. The summed E-state index contributed by atoms with van der Waals surface area (Å²) < 4.78 is 212. The standard InChI is InChI=1S/C20BF15/c22-7-1-3(13(28)19(34)17(32)11(1)26)9(24)15(30)5(7)21(36)6-8(23)2-4(10(25)16(6)31)14(29)20(35)18(33)12(2)27. The first-order valence-corrected chi connectivity index (χ1v) is 8.94. The molecule has 0 unspecified atom stereocenters. The molecular weight excluding hydrogens is 536 g/mol. The van der Waals surface area contributed by atoms with Gasteiger partial charge in [-0.15, -0.1) is 0 Å². The largest absolute Gasteiger partial charge is 0.425 e. The molecule has 0 fully saturated rings. The van der Waals surface area contributed by atoms with E-state index in [4.69, 9.17) is 0 Å². The van der Waals surface area contributed by atoms with Crippen LogP contribution >= 0.6 is 0 Å². The second-order valence-corrected chi connectivity index (χ2v) is 7.09. The van der Waals surface area contributed by atoms with Crippen LogP contribution in [-0.2, 0) is 0 Å². The molecule has 4 aromatic carbocycles. The second kappa shape index (κ2) is 8.23. The van der Waals surface area contributed by atoms with E-state index >= 15 is 4.32 Å². The van der Waals surface area contributed by atoms with Crippen molar-refractivity contribution in [3.8, 4) is 0 Å². The maximum atomic E-state index is 15.1. The van der Waals surface area contributed by atoms with Crippen molar-refractivity contribution in [1.82, 2.24) is 0 Å². The Kier molecular flexibility index (Phi) is 5.83. The predicted molar refractivity (Wildman–Crippen MR) is 93.4 cm³/mol. The number of rotatable bonds is 2. The van der Waals surface area contributed by atoms with Gasteiger partial charge in [0.1, 0.15) is 11.6 Å². The smallest absolute Gasteiger partial charge is 0.322 e. The van der Waals surface area contributed by atoms with Crippen molar-refractivity contribution < 1.29 is 65.8 Å². The third-order valence-corrected chi connectivity index (χ3v) is 5.25. The summed E-state index contributed by atoms with van der Waals surface area (Å²) >= 11 is 0. The van der Waals surface area contributed by atoms with Gasteiger partial charge in [-0.3, -0.25) is 0 Å². The summed E-state index contributed by atoms with van der Waals surface area (Å²) in [6.45, 7) is -4.16. The van der Waals surface area contributed by atoms with Gasteiger partial charge in [0.25, 0.3) is 0 Å². The molecule has 0 atom stereocenters. The van der Waals surface area contributed by atoms with Crippen LogP contribution in [-0.4, -0.2) is 6.99 Å². The SMILES string of the molecule is FB(c1c(F)c(F)c2c(F)c(F)c(F)c(F)c2c1F)c1c(F)c(F)c2c(F)c(F)c(F)c(F)c2c1F. The monoisotopic (exact) mass is 536 g/mol. The average Bonchev–Trinajstić information content (AvgIpc) is 2.83. The van der Waals surface area contributed by atoms with E-state index in [2.05, 4.69) is 0 Å². The quantitative estimate of drug-likeness (QED) is 0.127. The molecule has 0 saturated heterocycles. The third-order valence-electron chi connectivity index (χ3n) is 5.25. The normalized spacial score (nSPS) is 11.8. The Morgan fingerprint density at radius 2 is 0.444 bits per heavy atom. The van der Waals surface area contributed by atoms with Crippen molar-refractivity contribution in [1.29, 1.82) is 0 Å². The summed E-state index contributed by atoms with van der Waals surface area (Å²) in [5.74, 6) is -39.0. The topological polar surface area (TPSA) is 0 Å². The number of hydrogen-bond acceptors (Lipinski definition) is 0. The molecule has 0 nitrogen and oxygen atoms in total. The Morgan fingerprint density at radius 1 is 0.250 bits per heavy atom. The van der Waals surface area contributed by atoms with Crippen LogP contribution in [0.3, 0.4) is 0 Å². The third kappa shape index (κ3) is 3.08. The Morgan fingerprint density at radius 3 is 0.694 bits per heavy atom. The van der Waals surface area contributed by atoms with Crippen LogP contribution in [0.5, 0.6) is 0 Å². The Bertz CT molecular complexity index is 1530. The number of hydrogen-bond donors (Lipinski definition) is 0. The van der Waals surface area contributed by atoms with Crippen LogP contribution in [0.25, 0.3) is 21.5 Å². The van der Waals surface area contributed by atoms with Crippen molar-refractivity contribution in [2.45, 2.75) is 0 Å². The first-order chi connectivity index (χ1) is 16.7. The molecule has 0 amide bonds. The fourth-order valence-electron chi connectivity index (χ4n) is 3.60. The molecule has 0 radical (unpaired) electrons. The maximum Gasteiger partial charge on any atom is 0.425 e. The van der Waals surface area contributed by atoms with Gasteiger partial charge in [0.15, 0.2) is 69.8 Å². The highest BCUT2D eigenvalue weighted by Crippen LogP contribution is 2.34. The molecule has 0 aliphatic rings. The fourth-order valence-corrected chi connectivity index (χ4v) is 3.60. The van der Waals surface area contributed by atoms with Gasteiger partial charge >= 0.3 is 6.99 Å². The van der Waals surface area contributed by atoms with Crippen LogP contribution in [0.2, 0.25) is 0 Å². The van der Waals surface area contributed by atoms with Crippen LogP contribution < -0.4 is 10.9 Å². The molecule has 0 spiro atoms. The fraction of sp³-hybridized carbons (Fsp3) is 0. The highest BCUT2D eigenvalue weighted by Gasteiger charge is 2.41. The van der Waals surface area contributed by atoms with E-state index in [0.717, 1.165) is 0 Å². The molecule has 0 saturated carbocycles. The average molecular weight is 536 g/mol. The molecule has 188 valence electrons. The number of fused-ring (bicyclic) bond motifs is 2. The van der Waals surface area contributed by atoms with Crippen molar-refractivity contribution in [2.24, 2.45) is 0 Å². The lowest BCUT2D eigenvalue weighted by atomic mass is 9.57. The second-order valence-electron chi connectivity index (χ2n) is 7.09. The maximum absolute atomic E-state index is 15.1. The van der Waals surface area contributed by atoms with Crippen LogP contribution in [0.1, 0.15) is 0 Å². The van der Waals surface area contributed by atoms with Crippen molar-refractivity contribution in [2.75, 3.05) is 0 Å². The summed E-state index contributed by atoms with van der Waals surface area (Å²) in [6, 6.07) is 0. The minimum Gasteiger partial charge on any atom is -0.322 e. The van der Waals surface area contributed by atoms with Crippen LogP contribution in [0, 0.1) is 81.4 Å². The molecule has 16 heteroatoms. The van der Waals surface area contributed by atoms with Gasteiger partial charge in [0.2, 0.25) is 0 Å². The van der Waals surface area contributed by atoms with Crippen LogP contribution in [0.4, 0.5) is 65.8 Å². The summed E-state index contributed by atoms with van der Waals surface area (Å²) in [7, 11) is 0. The Labute approximate surface area is 187 Å². The van der Waals surface area contributed by atoms with Crippen molar-refractivity contribution >= 4 is 39.5 Å². The first-order valence-electron chi connectivity index (χ1n) is 8.94. The highest BCUT2D eigenvalue weighted by atomic mass is 19.2. The predicted octanol–water partition coefficient (Wildman–Crippen LogP) is 6.02. The molecule has 0 N–H and O–H groups in total. The van der Waals surface area contributed by atoms with E-state index < -0.39 is 121 Å². The number of benzene rings is 4. The van der Waals surface area contributed by atoms with Gasteiger partial charge < -0.3 is 4.32 Å². The highest BCUT2D eigenvalue weighted by molar-refractivity contribution is 6.80. The Balaban J connectivity index is 2.17. The summed E-state index contributed by atoms with van der Waals surface area (Å²) in [4.78, 5) is 0. The molecule has 4 aromatic rings. The summed E-state index contributed by atoms with van der Waals surface area (Å²) in [6.07, 6.45) is 0. The van der Waals surface area contributed by atoms with E-state index in [1.54, 1.807) is 0 Å². The molecule has 0 bridgehead atoms. The van der Waals surface area contributed by atoms with Crippen molar-refractivity contribution in [3.63, 3.8) is 0 Å². The lowest BCUT2D eigenvalue weighted by molar-refractivity contribution is 0.412. The minimum absolute atomic E-state index is 2.23. The molecule has 36 heavy (non-hydrogen) atoms. The Hall–Kier alpha value is -3.59. The number of halogens is 15. The molecule has 0 aromatic heterocycles. The van der Waals surface area contributed by atoms with Gasteiger partial charge in [0.05, 0.1) is 21.5 Å². The lowest BCUT2D eigenvalue weighted by Crippen LogP contribution is -2.47. The van der Waals surface area contributed by atoms with E-state index in [1.165, 1.54) is 0 Å². The molecule has 0 aliphatic heterocycles. The van der Waals surface area contributed by atoms with Gasteiger partial charge in [-0.2, -0.15) is 0 Å². The zero-order valence-corrected chi connectivity index (χ0v) is 16.2. The zero-order valence-electron chi connectivity index (χ0n) is 16.2. The zero-order chi connectivity index (χ0) is 27.1. The van der Waals surface area contributed by atoms with E-state index in [0.29, 0.717) is 0 Å². The first kappa shape index (κ1) is 25.5. The molecule has 0 aliphatic carbocycles. The van der Waals surface area contributed by atoms with Crippen LogP contribution in [0.15, 0.2) is 0 Å². The molecular formula is C20BF15. The van der Waals surface area contributed by atoms with E-state index in [-0.39, 0.29) is 0 Å². The molecule has 0 heterocycles. The van der Waals surface area contributed by atoms with Gasteiger partial charge in [-0.1, -0.05) is 0 Å².